The highest BCUT2D eigenvalue weighted by Crippen LogP contribution is 2.23. The summed E-state index contributed by atoms with van der Waals surface area (Å²) in [6, 6.07) is 10.1. The number of hydrogen-bond donors (Lipinski definition) is 0. The number of nitro groups is 2. The Balaban J connectivity index is 1.42. The third-order valence-corrected chi connectivity index (χ3v) is 5.13. The Kier molecular flexibility index (Phi) is 8.70. The van der Waals surface area contributed by atoms with E-state index in [0.717, 1.165) is 6.42 Å². The second kappa shape index (κ2) is 12.1. The Morgan fingerprint density at radius 3 is 1.89 bits per heavy atom. The van der Waals surface area contributed by atoms with Crippen molar-refractivity contribution in [3.05, 3.63) is 80.9 Å². The van der Waals surface area contributed by atoms with Crippen molar-refractivity contribution in [2.24, 2.45) is 5.92 Å². The molecule has 12 heteroatoms. The van der Waals surface area contributed by atoms with Crippen molar-refractivity contribution in [3.63, 3.8) is 0 Å². The normalized spacial score (nSPS) is 18.3. The summed E-state index contributed by atoms with van der Waals surface area (Å²) in [7, 11) is 0. The van der Waals surface area contributed by atoms with E-state index in [1.807, 2.05) is 6.08 Å². The van der Waals surface area contributed by atoms with Crippen molar-refractivity contribution in [1.29, 1.82) is 0 Å². The van der Waals surface area contributed by atoms with Crippen LogP contribution in [-0.2, 0) is 9.47 Å². The fourth-order valence-corrected chi connectivity index (χ4v) is 3.31. The molecule has 0 N–H and O–H groups in total. The van der Waals surface area contributed by atoms with Crippen LogP contribution in [0.4, 0.5) is 21.0 Å². The van der Waals surface area contributed by atoms with Gasteiger partial charge in [0, 0.05) is 24.3 Å². The molecule has 0 saturated heterocycles. The molecule has 184 valence electrons. The minimum atomic E-state index is -0.937. The van der Waals surface area contributed by atoms with Crippen molar-refractivity contribution in [2.75, 3.05) is 6.61 Å². The lowest BCUT2D eigenvalue weighted by atomic mass is 9.94. The van der Waals surface area contributed by atoms with Gasteiger partial charge in [-0.25, -0.2) is 9.59 Å². The summed E-state index contributed by atoms with van der Waals surface area (Å²) in [6.07, 6.45) is 3.73. The number of carbonyl (C=O) groups excluding carboxylic acids is 2. The van der Waals surface area contributed by atoms with E-state index < -0.39 is 28.3 Å². The van der Waals surface area contributed by atoms with Gasteiger partial charge in [0.05, 0.1) is 16.5 Å². The molecule has 2 atom stereocenters. The van der Waals surface area contributed by atoms with Gasteiger partial charge in [0.2, 0.25) is 0 Å². The molecule has 0 amide bonds. The molecule has 0 saturated carbocycles. The number of non-ortho nitro benzene ring substituents is 2. The summed E-state index contributed by atoms with van der Waals surface area (Å²) >= 11 is 0. The first-order valence-electron chi connectivity index (χ1n) is 10.7. The predicted octanol–water partition coefficient (Wildman–Crippen LogP) is 5.35. The summed E-state index contributed by atoms with van der Waals surface area (Å²) in [5.41, 5.74) is -0.250. The van der Waals surface area contributed by atoms with Crippen molar-refractivity contribution >= 4 is 23.7 Å². The molecule has 0 aliphatic heterocycles. The molecule has 0 unspecified atom stereocenters. The SMILES string of the molecule is O=C(OC[C@H]1CC/C=C/[C@H](OC(=O)Oc2ccc([N+](=O)[O-])cc2)CC1)Oc1ccc([N+](=O)[O-])cc1. The third-order valence-electron chi connectivity index (χ3n) is 5.13. The lowest BCUT2D eigenvalue weighted by Gasteiger charge is -2.21. The van der Waals surface area contributed by atoms with Crippen LogP contribution in [-0.4, -0.2) is 34.9 Å². The van der Waals surface area contributed by atoms with Crippen molar-refractivity contribution < 1.29 is 38.4 Å². The summed E-state index contributed by atoms with van der Waals surface area (Å²) in [5, 5.41) is 21.4. The average molecular weight is 486 g/mol. The highest BCUT2D eigenvalue weighted by atomic mass is 16.7. The molecule has 0 aromatic heterocycles. The first-order chi connectivity index (χ1) is 16.8. The van der Waals surface area contributed by atoms with Gasteiger partial charge in [0.25, 0.3) is 11.4 Å². The second-order valence-corrected chi connectivity index (χ2v) is 7.62. The van der Waals surface area contributed by atoms with Crippen LogP contribution in [0.3, 0.4) is 0 Å². The molecule has 0 fully saturated rings. The molecule has 12 nitrogen and oxygen atoms in total. The Hall–Kier alpha value is -4.48. The van der Waals surface area contributed by atoms with Crippen LogP contribution in [0.2, 0.25) is 0 Å². The van der Waals surface area contributed by atoms with Gasteiger partial charge in [0.15, 0.2) is 0 Å². The van der Waals surface area contributed by atoms with E-state index in [0.29, 0.717) is 19.3 Å². The topological polar surface area (TPSA) is 157 Å². The van der Waals surface area contributed by atoms with Gasteiger partial charge in [-0.05, 0) is 61.9 Å². The van der Waals surface area contributed by atoms with Crippen LogP contribution < -0.4 is 9.47 Å². The van der Waals surface area contributed by atoms with Gasteiger partial charge in [-0.15, -0.1) is 0 Å². The lowest BCUT2D eigenvalue weighted by molar-refractivity contribution is -0.385. The molecule has 0 heterocycles. The molecular formula is C23H22N2O10. The van der Waals surface area contributed by atoms with E-state index >= 15 is 0 Å². The highest BCUT2D eigenvalue weighted by Gasteiger charge is 2.20. The van der Waals surface area contributed by atoms with E-state index in [9.17, 15) is 29.8 Å². The lowest BCUT2D eigenvalue weighted by Crippen LogP contribution is -2.23. The van der Waals surface area contributed by atoms with E-state index in [1.54, 1.807) is 6.08 Å². The molecule has 2 aromatic carbocycles. The van der Waals surface area contributed by atoms with Gasteiger partial charge < -0.3 is 18.9 Å². The highest BCUT2D eigenvalue weighted by molar-refractivity contribution is 5.64. The maximum absolute atomic E-state index is 12.1. The van der Waals surface area contributed by atoms with Gasteiger partial charge in [0.1, 0.15) is 17.6 Å². The average Bonchev–Trinajstić information content (AvgIpc) is 2.81. The summed E-state index contributed by atoms with van der Waals surface area (Å²) < 4.78 is 20.6. The molecule has 2 aromatic rings. The summed E-state index contributed by atoms with van der Waals surface area (Å²) in [6.45, 7) is 0.0968. The van der Waals surface area contributed by atoms with Crippen molar-refractivity contribution in [1.82, 2.24) is 0 Å². The number of allylic oxidation sites excluding steroid dienone is 1. The Morgan fingerprint density at radius 2 is 1.34 bits per heavy atom. The standard InChI is InChI=1S/C23H22N2O10/c26-22(33-20-11-6-17(7-12-20)24(28)29)32-15-16-3-1-2-4-19(10-5-16)34-23(27)35-21-13-8-18(9-14-21)25(30)31/h2,4,6-9,11-14,16,19H,1,3,5,10,15H2/b4-2+/t16-,19-/m0/s1. The fraction of sp³-hybridized carbons (Fsp3) is 0.304. The smallest absolute Gasteiger partial charge is 0.434 e. The van der Waals surface area contributed by atoms with Gasteiger partial charge in [-0.1, -0.05) is 6.08 Å². The Morgan fingerprint density at radius 1 is 0.800 bits per heavy atom. The Bertz CT molecular complexity index is 1080. The largest absolute Gasteiger partial charge is 0.514 e. The van der Waals surface area contributed by atoms with Crippen LogP contribution in [0.15, 0.2) is 60.7 Å². The first-order valence-corrected chi connectivity index (χ1v) is 10.7. The molecule has 1 aliphatic carbocycles. The van der Waals surface area contributed by atoms with Crippen LogP contribution in [0.5, 0.6) is 11.5 Å². The number of hydrogen-bond acceptors (Lipinski definition) is 10. The molecular weight excluding hydrogens is 464 g/mol. The number of nitrogens with zero attached hydrogens (tertiary/aromatic N) is 2. The molecule has 0 radical (unpaired) electrons. The van der Waals surface area contributed by atoms with Crippen LogP contribution >= 0.6 is 0 Å². The zero-order valence-corrected chi connectivity index (χ0v) is 18.4. The maximum atomic E-state index is 12.1. The minimum Gasteiger partial charge on any atom is -0.434 e. The number of benzene rings is 2. The second-order valence-electron chi connectivity index (χ2n) is 7.62. The van der Waals surface area contributed by atoms with Crippen molar-refractivity contribution in [3.8, 4) is 11.5 Å². The maximum Gasteiger partial charge on any atom is 0.514 e. The molecule has 0 bridgehead atoms. The van der Waals surface area contributed by atoms with Crippen molar-refractivity contribution in [2.45, 2.75) is 31.8 Å². The van der Waals surface area contributed by atoms with Crippen LogP contribution in [0, 0.1) is 26.1 Å². The number of carbonyl (C=O) groups is 2. The van der Waals surface area contributed by atoms with Gasteiger partial charge >= 0.3 is 12.3 Å². The molecule has 1 aliphatic rings. The number of nitro benzene ring substituents is 2. The van der Waals surface area contributed by atoms with E-state index in [1.165, 1.54) is 48.5 Å². The quantitative estimate of drug-likeness (QED) is 0.164. The number of rotatable bonds is 7. The summed E-state index contributed by atoms with van der Waals surface area (Å²) in [4.78, 5) is 44.3. The van der Waals surface area contributed by atoms with Gasteiger partial charge in [-0.3, -0.25) is 20.2 Å². The van der Waals surface area contributed by atoms with E-state index in [-0.39, 0.29) is 35.4 Å². The fourth-order valence-electron chi connectivity index (χ4n) is 3.31. The predicted molar refractivity (Wildman–Crippen MR) is 120 cm³/mol. The summed E-state index contributed by atoms with van der Waals surface area (Å²) in [5.74, 6) is 0.246. The Labute approximate surface area is 199 Å². The third kappa shape index (κ3) is 8.11. The zero-order chi connectivity index (χ0) is 25.2. The zero-order valence-electron chi connectivity index (χ0n) is 18.4. The van der Waals surface area contributed by atoms with Crippen LogP contribution in [0.1, 0.15) is 25.7 Å². The van der Waals surface area contributed by atoms with Gasteiger partial charge in [-0.2, -0.15) is 0 Å². The molecule has 3 rings (SSSR count). The monoisotopic (exact) mass is 486 g/mol. The van der Waals surface area contributed by atoms with E-state index in [4.69, 9.17) is 18.9 Å². The molecule has 0 spiro atoms. The minimum absolute atomic E-state index is 0.00107. The van der Waals surface area contributed by atoms with Crippen LogP contribution in [0.25, 0.3) is 0 Å². The number of ether oxygens (including phenoxy) is 4. The first kappa shape index (κ1) is 25.1. The molecule has 35 heavy (non-hydrogen) atoms. The van der Waals surface area contributed by atoms with E-state index in [2.05, 4.69) is 0 Å².